The van der Waals surface area contributed by atoms with Gasteiger partial charge in [-0.3, -0.25) is 4.79 Å². The van der Waals surface area contributed by atoms with Gasteiger partial charge in [0.1, 0.15) is 18.1 Å². The van der Waals surface area contributed by atoms with Gasteiger partial charge in [0.05, 0.1) is 5.56 Å². The molecule has 29 heavy (non-hydrogen) atoms. The monoisotopic (exact) mass is 464 g/mol. The average Bonchev–Trinajstić information content (AvgIpc) is 2.98. The van der Waals surface area contributed by atoms with Gasteiger partial charge in [0, 0.05) is 31.7 Å². The second kappa shape index (κ2) is 8.29. The number of ether oxygens (including phenoxy) is 2. The highest BCUT2D eigenvalue weighted by molar-refractivity contribution is 6.36. The number of ketones is 1. The van der Waals surface area contributed by atoms with Crippen LogP contribution in [0.15, 0.2) is 60.4 Å². The fourth-order valence-corrected chi connectivity index (χ4v) is 3.74. The van der Waals surface area contributed by atoms with E-state index in [4.69, 9.17) is 55.9 Å². The molecule has 0 aromatic heterocycles. The molecule has 1 aliphatic heterocycles. The Bertz CT molecular complexity index is 1150. The van der Waals surface area contributed by atoms with Crippen LogP contribution in [0.25, 0.3) is 6.08 Å². The summed E-state index contributed by atoms with van der Waals surface area (Å²) in [7, 11) is 0. The summed E-state index contributed by atoms with van der Waals surface area (Å²) in [5.74, 6) is 0.930. The van der Waals surface area contributed by atoms with Gasteiger partial charge in [-0.2, -0.15) is 0 Å². The van der Waals surface area contributed by atoms with Gasteiger partial charge in [-0.25, -0.2) is 0 Å². The zero-order chi connectivity index (χ0) is 20.5. The average molecular weight is 466 g/mol. The van der Waals surface area contributed by atoms with E-state index in [1.807, 2.05) is 0 Å². The van der Waals surface area contributed by atoms with Gasteiger partial charge in [0.2, 0.25) is 5.78 Å². The fraction of sp³-hybridized carbons (Fsp3) is 0.0455. The molecular formula is C22H12Cl4O3. The van der Waals surface area contributed by atoms with Crippen molar-refractivity contribution in [1.82, 2.24) is 0 Å². The molecule has 0 N–H and O–H groups in total. The number of rotatable bonds is 4. The van der Waals surface area contributed by atoms with E-state index >= 15 is 0 Å². The Balaban J connectivity index is 1.53. The van der Waals surface area contributed by atoms with Crippen LogP contribution in [0.5, 0.6) is 11.5 Å². The minimum Gasteiger partial charge on any atom is -0.489 e. The lowest BCUT2D eigenvalue weighted by Gasteiger charge is -2.09. The lowest BCUT2D eigenvalue weighted by atomic mass is 10.1. The predicted octanol–water partition coefficient (Wildman–Crippen LogP) is 7.50. The molecule has 0 unspecified atom stereocenters. The van der Waals surface area contributed by atoms with Crippen LogP contribution >= 0.6 is 46.4 Å². The summed E-state index contributed by atoms with van der Waals surface area (Å²) in [5, 5.41) is 2.03. The van der Waals surface area contributed by atoms with Crippen LogP contribution in [0.4, 0.5) is 0 Å². The summed E-state index contributed by atoms with van der Waals surface area (Å²) in [6.45, 7) is 0.256. The largest absolute Gasteiger partial charge is 0.489 e. The third-order valence-electron chi connectivity index (χ3n) is 4.30. The summed E-state index contributed by atoms with van der Waals surface area (Å²) in [4.78, 5) is 12.6. The molecule has 0 spiro atoms. The van der Waals surface area contributed by atoms with Crippen LogP contribution < -0.4 is 9.47 Å². The maximum Gasteiger partial charge on any atom is 0.231 e. The SMILES string of the molecule is O=C1C(=Cc2ccc(Cl)cc2Cl)Oc2cc(OCc3ccc(Cl)cc3Cl)ccc21. The number of hydrogen-bond acceptors (Lipinski definition) is 3. The first kappa shape index (κ1) is 20.1. The zero-order valence-electron chi connectivity index (χ0n) is 14.7. The number of hydrogen-bond donors (Lipinski definition) is 0. The van der Waals surface area contributed by atoms with Crippen molar-refractivity contribution in [2.45, 2.75) is 6.61 Å². The maximum atomic E-state index is 12.6. The number of carbonyl (C=O) groups excluding carboxylic acids is 1. The minimum atomic E-state index is -0.224. The molecule has 1 heterocycles. The van der Waals surface area contributed by atoms with Gasteiger partial charge in [-0.05, 0) is 48.0 Å². The van der Waals surface area contributed by atoms with Gasteiger partial charge in [0.25, 0.3) is 0 Å². The van der Waals surface area contributed by atoms with E-state index in [0.29, 0.717) is 42.7 Å². The summed E-state index contributed by atoms with van der Waals surface area (Å²) < 4.78 is 11.5. The second-order valence-corrected chi connectivity index (χ2v) is 7.98. The van der Waals surface area contributed by atoms with E-state index in [1.165, 1.54) is 0 Å². The summed E-state index contributed by atoms with van der Waals surface area (Å²) in [6, 6.07) is 15.3. The normalized spacial score (nSPS) is 14.1. The number of fused-ring (bicyclic) bond motifs is 1. The second-order valence-electron chi connectivity index (χ2n) is 6.29. The molecule has 3 nitrogen and oxygen atoms in total. The summed E-state index contributed by atoms with van der Waals surface area (Å²) in [5.41, 5.74) is 1.89. The van der Waals surface area contributed by atoms with Crippen molar-refractivity contribution in [1.29, 1.82) is 0 Å². The molecule has 0 bridgehead atoms. The highest BCUT2D eigenvalue weighted by Crippen LogP contribution is 2.36. The molecular weight excluding hydrogens is 454 g/mol. The molecule has 0 atom stereocenters. The molecule has 7 heteroatoms. The van der Waals surface area contributed by atoms with Gasteiger partial charge < -0.3 is 9.47 Å². The van der Waals surface area contributed by atoms with Crippen LogP contribution in [-0.4, -0.2) is 5.78 Å². The van der Waals surface area contributed by atoms with Crippen LogP contribution in [-0.2, 0) is 6.61 Å². The molecule has 0 fully saturated rings. The Morgan fingerprint density at radius 3 is 2.31 bits per heavy atom. The quantitative estimate of drug-likeness (QED) is 0.374. The molecule has 0 amide bonds. The molecule has 0 saturated carbocycles. The van der Waals surface area contributed by atoms with Crippen LogP contribution in [0.3, 0.4) is 0 Å². The molecule has 4 rings (SSSR count). The van der Waals surface area contributed by atoms with Crippen molar-refractivity contribution < 1.29 is 14.3 Å². The van der Waals surface area contributed by atoms with Crippen molar-refractivity contribution in [2.75, 3.05) is 0 Å². The van der Waals surface area contributed by atoms with Crippen molar-refractivity contribution in [3.05, 3.63) is 97.1 Å². The first-order chi connectivity index (χ1) is 13.9. The van der Waals surface area contributed by atoms with Gasteiger partial charge in [-0.15, -0.1) is 0 Å². The first-order valence-electron chi connectivity index (χ1n) is 8.51. The Kier molecular flexibility index (Phi) is 5.75. The number of halogens is 4. The predicted molar refractivity (Wildman–Crippen MR) is 117 cm³/mol. The van der Waals surface area contributed by atoms with E-state index in [1.54, 1.807) is 60.7 Å². The van der Waals surface area contributed by atoms with Crippen LogP contribution in [0, 0.1) is 0 Å². The highest BCUT2D eigenvalue weighted by Gasteiger charge is 2.28. The molecule has 1 aliphatic rings. The number of carbonyl (C=O) groups is 1. The molecule has 0 aliphatic carbocycles. The summed E-state index contributed by atoms with van der Waals surface area (Å²) in [6.07, 6.45) is 1.59. The lowest BCUT2D eigenvalue weighted by Crippen LogP contribution is -1.98. The van der Waals surface area contributed by atoms with Crippen molar-refractivity contribution >= 4 is 58.3 Å². The van der Waals surface area contributed by atoms with E-state index in [9.17, 15) is 4.79 Å². The van der Waals surface area contributed by atoms with E-state index in [-0.39, 0.29) is 18.1 Å². The minimum absolute atomic E-state index is 0.183. The van der Waals surface area contributed by atoms with E-state index < -0.39 is 0 Å². The maximum absolute atomic E-state index is 12.6. The highest BCUT2D eigenvalue weighted by atomic mass is 35.5. The number of allylic oxidation sites excluding steroid dienone is 1. The van der Waals surface area contributed by atoms with Crippen LogP contribution in [0.2, 0.25) is 20.1 Å². The zero-order valence-corrected chi connectivity index (χ0v) is 17.7. The Hall–Kier alpha value is -2.17. The van der Waals surface area contributed by atoms with Crippen molar-refractivity contribution in [3.63, 3.8) is 0 Å². The summed E-state index contributed by atoms with van der Waals surface area (Å²) >= 11 is 24.2. The smallest absolute Gasteiger partial charge is 0.231 e. The fourth-order valence-electron chi connectivity index (χ4n) is 2.82. The standard InChI is InChI=1S/C22H12Cl4O3/c23-14-3-1-12(18(25)8-14)7-21-22(27)17-6-5-16(10-20(17)29-21)28-11-13-2-4-15(24)9-19(13)26/h1-10H,11H2. The van der Waals surface area contributed by atoms with Crippen molar-refractivity contribution in [2.24, 2.45) is 0 Å². The van der Waals surface area contributed by atoms with E-state index in [2.05, 4.69) is 0 Å². The van der Waals surface area contributed by atoms with Gasteiger partial charge in [0.15, 0.2) is 5.76 Å². The lowest BCUT2D eigenvalue weighted by molar-refractivity contribution is 0.101. The van der Waals surface area contributed by atoms with Crippen molar-refractivity contribution in [3.8, 4) is 11.5 Å². The van der Waals surface area contributed by atoms with Crippen LogP contribution in [0.1, 0.15) is 21.5 Å². The molecule has 3 aromatic carbocycles. The Labute approximate surface area is 187 Å². The first-order valence-corrected chi connectivity index (χ1v) is 10.0. The molecule has 0 saturated heterocycles. The molecule has 3 aromatic rings. The van der Waals surface area contributed by atoms with Gasteiger partial charge in [-0.1, -0.05) is 58.5 Å². The topological polar surface area (TPSA) is 35.5 Å². The number of Topliss-reactive ketones (excluding diaryl/α,β-unsaturated/α-hetero) is 1. The Morgan fingerprint density at radius 1 is 0.862 bits per heavy atom. The number of benzene rings is 3. The molecule has 146 valence electrons. The van der Waals surface area contributed by atoms with Gasteiger partial charge >= 0.3 is 0 Å². The Morgan fingerprint density at radius 2 is 1.59 bits per heavy atom. The van der Waals surface area contributed by atoms with E-state index in [0.717, 1.165) is 5.56 Å². The third kappa shape index (κ3) is 4.39. The molecule has 0 radical (unpaired) electrons. The third-order valence-corrected chi connectivity index (χ3v) is 5.45.